The number of fused-ring (bicyclic) bond motifs is 1. The van der Waals surface area contributed by atoms with E-state index in [1.165, 1.54) is 21.9 Å². The minimum Gasteiger partial charge on any atom is -0.270 e. The van der Waals surface area contributed by atoms with Gasteiger partial charge in [0.2, 0.25) is 0 Å². The lowest BCUT2D eigenvalue weighted by Gasteiger charge is -2.19. The molecule has 0 bridgehead atoms. The number of nitrogens with zero attached hydrogens (tertiary/aromatic N) is 3. The van der Waals surface area contributed by atoms with E-state index in [9.17, 15) is 0 Å². The molecule has 164 valence electrons. The Morgan fingerprint density at radius 3 is 2.18 bits per heavy atom. The highest BCUT2D eigenvalue weighted by Crippen LogP contribution is 2.32. The Morgan fingerprint density at radius 2 is 1.42 bits per heavy atom. The second-order valence-corrected chi connectivity index (χ2v) is 10.2. The van der Waals surface area contributed by atoms with Gasteiger partial charge in [0.1, 0.15) is 0 Å². The number of benzene rings is 4. The van der Waals surface area contributed by atoms with Crippen LogP contribution in [0, 0.1) is 0 Å². The third kappa shape index (κ3) is 4.44. The van der Waals surface area contributed by atoms with Crippen LogP contribution in [0.3, 0.4) is 0 Å². The number of rotatable bonds is 5. The van der Waals surface area contributed by atoms with E-state index >= 15 is 0 Å². The summed E-state index contributed by atoms with van der Waals surface area (Å²) in [6, 6.07) is 34.1. The molecule has 0 aliphatic heterocycles. The third-order valence-corrected chi connectivity index (χ3v) is 6.87. The van der Waals surface area contributed by atoms with E-state index in [1.54, 1.807) is 11.8 Å². The number of hydrogen-bond donors (Lipinski definition) is 0. The Labute approximate surface area is 199 Å². The summed E-state index contributed by atoms with van der Waals surface area (Å²) in [5.74, 6) is 1.69. The molecular weight excluding hydrogens is 422 g/mol. The Balaban J connectivity index is 1.52. The van der Waals surface area contributed by atoms with E-state index < -0.39 is 0 Å². The normalized spacial score (nSPS) is 11.7. The molecule has 0 atom stereocenters. The van der Waals surface area contributed by atoms with Crippen molar-refractivity contribution in [2.75, 3.05) is 0 Å². The van der Waals surface area contributed by atoms with Crippen LogP contribution in [0.1, 0.15) is 31.9 Å². The first kappa shape index (κ1) is 21.5. The predicted molar refractivity (Wildman–Crippen MR) is 139 cm³/mol. The minimum atomic E-state index is 0.116. The van der Waals surface area contributed by atoms with Gasteiger partial charge >= 0.3 is 0 Å². The van der Waals surface area contributed by atoms with Crippen molar-refractivity contribution in [3.05, 3.63) is 108 Å². The van der Waals surface area contributed by atoms with Gasteiger partial charge in [-0.2, -0.15) is 0 Å². The van der Waals surface area contributed by atoms with Crippen molar-refractivity contribution in [2.24, 2.45) is 0 Å². The zero-order chi connectivity index (χ0) is 22.8. The molecule has 1 heterocycles. The number of hydrogen-bond acceptors (Lipinski definition) is 3. The summed E-state index contributed by atoms with van der Waals surface area (Å²) in [4.78, 5) is 0. The van der Waals surface area contributed by atoms with Crippen LogP contribution in [0.15, 0.2) is 102 Å². The summed E-state index contributed by atoms with van der Waals surface area (Å²) in [6.07, 6.45) is 0. The van der Waals surface area contributed by atoms with Crippen molar-refractivity contribution in [3.63, 3.8) is 0 Å². The molecule has 0 saturated carbocycles. The van der Waals surface area contributed by atoms with E-state index in [0.717, 1.165) is 28.0 Å². The molecule has 0 aliphatic carbocycles. The van der Waals surface area contributed by atoms with Gasteiger partial charge < -0.3 is 0 Å². The fourth-order valence-corrected chi connectivity index (χ4v) is 5.00. The van der Waals surface area contributed by atoms with Crippen molar-refractivity contribution in [1.82, 2.24) is 14.8 Å². The smallest absolute Gasteiger partial charge is 0.196 e. The van der Waals surface area contributed by atoms with Gasteiger partial charge in [-0.1, -0.05) is 117 Å². The van der Waals surface area contributed by atoms with E-state index in [2.05, 4.69) is 127 Å². The van der Waals surface area contributed by atoms with Crippen molar-refractivity contribution >= 4 is 22.5 Å². The second kappa shape index (κ2) is 8.87. The van der Waals surface area contributed by atoms with Gasteiger partial charge in [-0.25, -0.2) is 0 Å². The SMILES string of the molecule is CC(C)(C)c1ccc(-c2nnc(SCc3cccc4ccccc34)n2-c2ccccc2)cc1. The molecule has 5 rings (SSSR count). The summed E-state index contributed by atoms with van der Waals surface area (Å²) >= 11 is 1.72. The molecule has 0 radical (unpaired) electrons. The van der Waals surface area contributed by atoms with E-state index in [-0.39, 0.29) is 5.41 Å². The standard InChI is InChI=1S/C29H27N3S/c1-29(2,3)24-18-16-22(17-19-24)27-30-31-28(32(27)25-13-5-4-6-14-25)33-20-23-12-9-11-21-10-7-8-15-26(21)23/h4-19H,20H2,1-3H3. The summed E-state index contributed by atoms with van der Waals surface area (Å²) in [7, 11) is 0. The van der Waals surface area contributed by atoms with E-state index in [1.807, 2.05) is 6.07 Å². The fourth-order valence-electron chi connectivity index (χ4n) is 4.04. The van der Waals surface area contributed by atoms with Crippen LogP contribution >= 0.6 is 11.8 Å². The predicted octanol–water partition coefficient (Wildman–Crippen LogP) is 7.68. The zero-order valence-corrected chi connectivity index (χ0v) is 20.0. The van der Waals surface area contributed by atoms with Gasteiger partial charge in [-0.05, 0) is 39.4 Å². The Bertz CT molecular complexity index is 1380. The van der Waals surface area contributed by atoms with Gasteiger partial charge in [-0.15, -0.1) is 10.2 Å². The molecule has 0 fully saturated rings. The maximum atomic E-state index is 4.62. The molecule has 0 unspecified atom stereocenters. The molecule has 1 aromatic heterocycles. The van der Waals surface area contributed by atoms with Crippen LogP contribution in [0.4, 0.5) is 0 Å². The Hall–Kier alpha value is -3.37. The van der Waals surface area contributed by atoms with Crippen molar-refractivity contribution in [1.29, 1.82) is 0 Å². The molecule has 4 heteroatoms. The number of thioether (sulfide) groups is 1. The largest absolute Gasteiger partial charge is 0.270 e. The monoisotopic (exact) mass is 449 g/mol. The molecule has 0 N–H and O–H groups in total. The molecule has 0 amide bonds. The maximum absolute atomic E-state index is 4.62. The summed E-state index contributed by atoms with van der Waals surface area (Å²) in [5.41, 5.74) is 4.86. The molecule has 0 spiro atoms. The van der Waals surface area contributed by atoms with Gasteiger partial charge in [-0.3, -0.25) is 4.57 Å². The van der Waals surface area contributed by atoms with E-state index in [4.69, 9.17) is 0 Å². The highest BCUT2D eigenvalue weighted by atomic mass is 32.2. The quantitative estimate of drug-likeness (QED) is 0.258. The average molecular weight is 450 g/mol. The van der Waals surface area contributed by atoms with Crippen molar-refractivity contribution in [3.8, 4) is 17.1 Å². The minimum absolute atomic E-state index is 0.116. The molecule has 5 aromatic rings. The first-order chi connectivity index (χ1) is 16.0. The maximum Gasteiger partial charge on any atom is 0.196 e. The van der Waals surface area contributed by atoms with Crippen LogP contribution in [-0.4, -0.2) is 14.8 Å². The van der Waals surface area contributed by atoms with Crippen LogP contribution in [0.5, 0.6) is 0 Å². The number of para-hydroxylation sites is 1. The summed E-state index contributed by atoms with van der Waals surface area (Å²) in [6.45, 7) is 6.70. The molecule has 3 nitrogen and oxygen atoms in total. The van der Waals surface area contributed by atoms with Gasteiger partial charge in [0.25, 0.3) is 0 Å². The molecular formula is C29H27N3S. The Kier molecular flexibility index (Phi) is 5.77. The van der Waals surface area contributed by atoms with Crippen LogP contribution < -0.4 is 0 Å². The highest BCUT2D eigenvalue weighted by molar-refractivity contribution is 7.98. The van der Waals surface area contributed by atoms with Crippen molar-refractivity contribution in [2.45, 2.75) is 37.1 Å². The summed E-state index contributed by atoms with van der Waals surface area (Å²) in [5, 5.41) is 12.7. The molecule has 4 aromatic carbocycles. The molecule has 0 saturated heterocycles. The highest BCUT2D eigenvalue weighted by Gasteiger charge is 2.18. The summed E-state index contributed by atoms with van der Waals surface area (Å²) < 4.78 is 2.17. The van der Waals surface area contributed by atoms with E-state index in [0.29, 0.717) is 0 Å². The molecule has 33 heavy (non-hydrogen) atoms. The lowest BCUT2D eigenvalue weighted by molar-refractivity contribution is 0.590. The first-order valence-electron chi connectivity index (χ1n) is 11.2. The lowest BCUT2D eigenvalue weighted by Crippen LogP contribution is -2.10. The number of aromatic nitrogens is 3. The van der Waals surface area contributed by atoms with Crippen LogP contribution in [-0.2, 0) is 11.2 Å². The Morgan fingerprint density at radius 1 is 0.727 bits per heavy atom. The van der Waals surface area contributed by atoms with Gasteiger partial charge in [0, 0.05) is 17.0 Å². The fraction of sp³-hybridized carbons (Fsp3) is 0.172. The topological polar surface area (TPSA) is 30.7 Å². The van der Waals surface area contributed by atoms with Crippen LogP contribution in [0.2, 0.25) is 0 Å². The average Bonchev–Trinajstić information content (AvgIpc) is 3.27. The zero-order valence-electron chi connectivity index (χ0n) is 19.2. The van der Waals surface area contributed by atoms with Crippen LogP contribution in [0.25, 0.3) is 27.8 Å². The molecule has 0 aliphatic rings. The first-order valence-corrected chi connectivity index (χ1v) is 12.2. The third-order valence-electron chi connectivity index (χ3n) is 5.89. The van der Waals surface area contributed by atoms with Crippen molar-refractivity contribution < 1.29 is 0 Å². The van der Waals surface area contributed by atoms with Gasteiger partial charge in [0.15, 0.2) is 11.0 Å². The second-order valence-electron chi connectivity index (χ2n) is 9.23. The van der Waals surface area contributed by atoms with Gasteiger partial charge in [0.05, 0.1) is 0 Å². The lowest BCUT2D eigenvalue weighted by atomic mass is 9.87.